The van der Waals surface area contributed by atoms with Crippen molar-refractivity contribution in [1.82, 2.24) is 5.32 Å². The molecule has 0 aromatic heterocycles. The van der Waals surface area contributed by atoms with Gasteiger partial charge in [0.25, 0.3) is 11.6 Å². The Kier molecular flexibility index (Phi) is 6.67. The Morgan fingerprint density at radius 1 is 1.22 bits per heavy atom. The maximum atomic E-state index is 12.3. The monoisotopic (exact) mass is 364 g/mol. The predicted octanol–water partition coefficient (Wildman–Crippen LogP) is 3.85. The third-order valence-corrected chi connectivity index (χ3v) is 4.06. The van der Waals surface area contributed by atoms with Gasteiger partial charge >= 0.3 is 0 Å². The highest BCUT2D eigenvalue weighted by molar-refractivity contribution is 5.97. The molecule has 0 saturated heterocycles. The van der Waals surface area contributed by atoms with Crippen LogP contribution >= 0.6 is 0 Å². The summed E-state index contributed by atoms with van der Waals surface area (Å²) in [5.41, 5.74) is 2.56. The first-order chi connectivity index (χ1) is 12.9. The second kappa shape index (κ2) is 9.15. The van der Waals surface area contributed by atoms with Gasteiger partial charge in [-0.15, -0.1) is 0 Å². The van der Waals surface area contributed by atoms with Crippen molar-refractivity contribution in [3.05, 3.63) is 81.5 Å². The molecule has 1 amide bonds. The molecular weight excluding hydrogens is 344 g/mol. The summed E-state index contributed by atoms with van der Waals surface area (Å²) in [6.45, 7) is 3.92. The third kappa shape index (κ3) is 5.41. The van der Waals surface area contributed by atoms with Crippen LogP contribution in [0.15, 0.2) is 60.3 Å². The third-order valence-electron chi connectivity index (χ3n) is 4.06. The van der Waals surface area contributed by atoms with Crippen LogP contribution in [0.2, 0.25) is 0 Å². The van der Waals surface area contributed by atoms with E-state index in [-0.39, 0.29) is 17.3 Å². The van der Waals surface area contributed by atoms with Crippen molar-refractivity contribution in [2.75, 3.05) is 5.32 Å². The smallest absolute Gasteiger partial charge is 0.269 e. The van der Waals surface area contributed by atoms with Crippen LogP contribution in [0, 0.1) is 21.4 Å². The number of carbonyl (C=O) groups is 1. The number of nitrogens with one attached hydrogen (secondary N) is 2. The zero-order valence-electron chi connectivity index (χ0n) is 15.1. The number of hydrogen-bond acceptors (Lipinski definition) is 5. The van der Waals surface area contributed by atoms with E-state index in [4.69, 9.17) is 0 Å². The summed E-state index contributed by atoms with van der Waals surface area (Å²) in [6.07, 6.45) is 2.22. The highest BCUT2D eigenvalue weighted by atomic mass is 16.6. The first-order valence-electron chi connectivity index (χ1n) is 8.45. The number of nitro groups is 1. The summed E-state index contributed by atoms with van der Waals surface area (Å²) in [4.78, 5) is 22.5. The molecule has 2 rings (SSSR count). The van der Waals surface area contributed by atoms with Crippen LogP contribution < -0.4 is 10.6 Å². The molecule has 0 aliphatic carbocycles. The summed E-state index contributed by atoms with van der Waals surface area (Å²) >= 11 is 0. The van der Waals surface area contributed by atoms with Gasteiger partial charge in [0.05, 0.1) is 11.0 Å². The quantitative estimate of drug-likeness (QED) is 0.336. The summed E-state index contributed by atoms with van der Waals surface area (Å²) in [5.74, 6) is -0.501. The van der Waals surface area contributed by atoms with E-state index in [1.165, 1.54) is 36.0 Å². The lowest BCUT2D eigenvalue weighted by molar-refractivity contribution is -0.384. The standard InChI is InChI=1S/C20H20N4O3/c1-3-15-4-6-16(7-5-15)14(2)23-20(25)17(12-21)13-22-18-8-10-19(11-9-18)24(26)27/h4-11,13-14,22H,3H2,1-2H3,(H,23,25)/b17-13-. The second-order valence-corrected chi connectivity index (χ2v) is 5.91. The molecule has 27 heavy (non-hydrogen) atoms. The SMILES string of the molecule is CCc1ccc(C(C)NC(=O)/C(C#N)=C\Nc2ccc([N+](=O)[O-])cc2)cc1. The van der Waals surface area contributed by atoms with E-state index in [2.05, 4.69) is 17.6 Å². The number of carbonyl (C=O) groups excluding carboxylic acids is 1. The number of non-ortho nitro benzene ring substituents is 1. The van der Waals surface area contributed by atoms with Crippen molar-refractivity contribution < 1.29 is 9.72 Å². The number of amides is 1. The van der Waals surface area contributed by atoms with E-state index in [0.29, 0.717) is 5.69 Å². The lowest BCUT2D eigenvalue weighted by atomic mass is 10.0. The van der Waals surface area contributed by atoms with Crippen LogP contribution in [-0.4, -0.2) is 10.8 Å². The Bertz CT molecular complexity index is 881. The average Bonchev–Trinajstić information content (AvgIpc) is 2.68. The maximum absolute atomic E-state index is 12.3. The van der Waals surface area contributed by atoms with Crippen LogP contribution in [-0.2, 0) is 11.2 Å². The van der Waals surface area contributed by atoms with Crippen molar-refractivity contribution in [2.24, 2.45) is 0 Å². The molecule has 0 spiro atoms. The predicted molar refractivity (Wildman–Crippen MR) is 103 cm³/mol. The topological polar surface area (TPSA) is 108 Å². The molecule has 1 atom stereocenters. The molecule has 0 heterocycles. The lowest BCUT2D eigenvalue weighted by Gasteiger charge is -2.14. The summed E-state index contributed by atoms with van der Waals surface area (Å²) in [6, 6.07) is 15.2. The van der Waals surface area contributed by atoms with Gasteiger partial charge in [0.15, 0.2) is 0 Å². The Morgan fingerprint density at radius 3 is 2.37 bits per heavy atom. The van der Waals surface area contributed by atoms with E-state index in [1.54, 1.807) is 0 Å². The number of rotatable bonds is 7. The minimum absolute atomic E-state index is 0.0364. The largest absolute Gasteiger partial charge is 0.360 e. The van der Waals surface area contributed by atoms with E-state index >= 15 is 0 Å². The molecule has 0 aliphatic heterocycles. The molecule has 2 aromatic rings. The molecule has 138 valence electrons. The zero-order chi connectivity index (χ0) is 19.8. The van der Waals surface area contributed by atoms with Gasteiger partial charge in [-0.05, 0) is 36.6 Å². The molecule has 0 radical (unpaired) electrons. The van der Waals surface area contributed by atoms with Crippen molar-refractivity contribution >= 4 is 17.3 Å². The number of hydrogen-bond donors (Lipinski definition) is 2. The van der Waals surface area contributed by atoms with Crippen LogP contribution in [0.1, 0.15) is 31.0 Å². The summed E-state index contributed by atoms with van der Waals surface area (Å²) < 4.78 is 0. The second-order valence-electron chi connectivity index (χ2n) is 5.91. The highest BCUT2D eigenvalue weighted by Gasteiger charge is 2.14. The number of nitro benzene ring substituents is 1. The van der Waals surface area contributed by atoms with Gasteiger partial charge in [-0.2, -0.15) is 5.26 Å². The summed E-state index contributed by atoms with van der Waals surface area (Å²) in [5, 5.41) is 25.5. The first kappa shape index (κ1) is 19.7. The average molecular weight is 364 g/mol. The number of nitrogens with zero attached hydrogens (tertiary/aromatic N) is 2. The maximum Gasteiger partial charge on any atom is 0.269 e. The van der Waals surface area contributed by atoms with Gasteiger partial charge in [0, 0.05) is 24.0 Å². The van der Waals surface area contributed by atoms with Gasteiger partial charge in [0.1, 0.15) is 11.6 Å². The number of aryl methyl sites for hydroxylation is 1. The Morgan fingerprint density at radius 2 is 1.85 bits per heavy atom. The molecule has 0 fully saturated rings. The Hall–Kier alpha value is -3.66. The first-order valence-corrected chi connectivity index (χ1v) is 8.45. The molecule has 0 bridgehead atoms. The Labute approximate surface area is 157 Å². The molecule has 0 saturated carbocycles. The van der Waals surface area contributed by atoms with E-state index < -0.39 is 10.8 Å². The van der Waals surface area contributed by atoms with E-state index in [0.717, 1.165) is 12.0 Å². The molecule has 7 heteroatoms. The van der Waals surface area contributed by atoms with Crippen molar-refractivity contribution in [2.45, 2.75) is 26.3 Å². The zero-order valence-corrected chi connectivity index (χ0v) is 15.1. The van der Waals surface area contributed by atoms with Gasteiger partial charge in [-0.3, -0.25) is 14.9 Å². The van der Waals surface area contributed by atoms with Gasteiger partial charge in [-0.25, -0.2) is 0 Å². The van der Waals surface area contributed by atoms with E-state index in [9.17, 15) is 20.2 Å². The number of nitriles is 1. The number of benzene rings is 2. The fourth-order valence-corrected chi connectivity index (χ4v) is 2.38. The van der Waals surface area contributed by atoms with Crippen molar-refractivity contribution in [3.8, 4) is 6.07 Å². The minimum atomic E-state index is -0.501. The molecular formula is C20H20N4O3. The van der Waals surface area contributed by atoms with Gasteiger partial charge in [-0.1, -0.05) is 31.2 Å². The molecule has 2 aromatic carbocycles. The fraction of sp³-hybridized carbons (Fsp3) is 0.200. The van der Waals surface area contributed by atoms with Crippen LogP contribution in [0.4, 0.5) is 11.4 Å². The van der Waals surface area contributed by atoms with Crippen molar-refractivity contribution in [3.63, 3.8) is 0 Å². The van der Waals surface area contributed by atoms with E-state index in [1.807, 2.05) is 37.3 Å². The minimum Gasteiger partial charge on any atom is -0.360 e. The highest BCUT2D eigenvalue weighted by Crippen LogP contribution is 2.16. The normalized spacial score (nSPS) is 12.0. The van der Waals surface area contributed by atoms with Crippen LogP contribution in [0.25, 0.3) is 0 Å². The lowest BCUT2D eigenvalue weighted by Crippen LogP contribution is -2.28. The number of anilines is 1. The Balaban J connectivity index is 2.02. The van der Waals surface area contributed by atoms with Crippen molar-refractivity contribution in [1.29, 1.82) is 5.26 Å². The molecule has 0 aliphatic rings. The van der Waals surface area contributed by atoms with Crippen LogP contribution in [0.5, 0.6) is 0 Å². The summed E-state index contributed by atoms with van der Waals surface area (Å²) in [7, 11) is 0. The fourth-order valence-electron chi connectivity index (χ4n) is 2.38. The molecule has 1 unspecified atom stereocenters. The molecule has 7 nitrogen and oxygen atoms in total. The van der Waals surface area contributed by atoms with Gasteiger partial charge in [0.2, 0.25) is 0 Å². The van der Waals surface area contributed by atoms with Crippen LogP contribution in [0.3, 0.4) is 0 Å². The molecule has 2 N–H and O–H groups in total. The van der Waals surface area contributed by atoms with Gasteiger partial charge < -0.3 is 10.6 Å².